The monoisotopic (exact) mass is 415 g/mol. The Balaban J connectivity index is 1.46. The first kappa shape index (κ1) is 21.0. The predicted molar refractivity (Wildman–Crippen MR) is 116 cm³/mol. The summed E-state index contributed by atoms with van der Waals surface area (Å²) in [5.74, 6) is 0.751. The van der Waals surface area contributed by atoms with Crippen molar-refractivity contribution in [3.05, 3.63) is 24.3 Å². The van der Waals surface area contributed by atoms with E-state index in [1.54, 1.807) is 4.90 Å². The average Bonchev–Trinajstić information content (AvgIpc) is 3.23. The van der Waals surface area contributed by atoms with E-state index in [-0.39, 0.29) is 11.9 Å². The highest BCUT2D eigenvalue weighted by atomic mass is 16.5. The largest absolute Gasteiger partial charge is 0.492 e. The number of piperazine rings is 1. The van der Waals surface area contributed by atoms with Crippen LogP contribution < -0.4 is 20.3 Å². The SMILES string of the molecule is CCOc1ccccc1NC(=O)NC1(C(=O)N2CC[NH+]3CCC[C@H]3C2)CCCCC1. The zero-order chi connectivity index (χ0) is 21.0. The summed E-state index contributed by atoms with van der Waals surface area (Å²) >= 11 is 0. The predicted octanol–water partition coefficient (Wildman–Crippen LogP) is 1.80. The van der Waals surface area contributed by atoms with Gasteiger partial charge >= 0.3 is 6.03 Å². The molecule has 2 aliphatic heterocycles. The van der Waals surface area contributed by atoms with Crippen LogP contribution in [0.5, 0.6) is 5.75 Å². The molecule has 4 rings (SSSR count). The number of carbonyl (C=O) groups excluding carboxylic acids is 2. The van der Waals surface area contributed by atoms with Gasteiger partial charge in [0.05, 0.1) is 38.5 Å². The molecule has 3 aliphatic rings. The third-order valence-corrected chi connectivity index (χ3v) is 6.96. The lowest BCUT2D eigenvalue weighted by atomic mass is 9.80. The molecule has 1 unspecified atom stereocenters. The number of amides is 3. The molecule has 7 heteroatoms. The maximum atomic E-state index is 13.7. The number of quaternary nitrogens is 1. The highest BCUT2D eigenvalue weighted by molar-refractivity contribution is 5.97. The average molecular weight is 416 g/mol. The highest BCUT2D eigenvalue weighted by Crippen LogP contribution is 2.31. The van der Waals surface area contributed by atoms with Crippen LogP contribution in [0.3, 0.4) is 0 Å². The minimum Gasteiger partial charge on any atom is -0.492 e. The van der Waals surface area contributed by atoms with Crippen molar-refractivity contribution in [2.45, 2.75) is 63.5 Å². The van der Waals surface area contributed by atoms with Crippen LogP contribution in [0, 0.1) is 0 Å². The van der Waals surface area contributed by atoms with Crippen LogP contribution in [-0.2, 0) is 4.79 Å². The van der Waals surface area contributed by atoms with Gasteiger partial charge in [0.15, 0.2) is 0 Å². The standard InChI is InChI=1S/C23H34N4O3/c1-2-30-20-11-5-4-10-19(20)24-22(29)25-23(12-6-3-7-13-23)21(28)27-16-15-26-14-8-9-18(26)17-27/h4-5,10-11,18H,2-3,6-9,12-17H2,1H3,(H2,24,25,29)/p+1/t18-/m0/s1. The molecular formula is C23H35N4O3+. The van der Waals surface area contributed by atoms with Gasteiger partial charge in [0.2, 0.25) is 5.91 Å². The Bertz CT molecular complexity index is 763. The van der Waals surface area contributed by atoms with Gasteiger partial charge in [-0.1, -0.05) is 31.4 Å². The van der Waals surface area contributed by atoms with E-state index in [0.717, 1.165) is 38.9 Å². The third-order valence-electron chi connectivity index (χ3n) is 6.96. The molecule has 2 heterocycles. The van der Waals surface area contributed by atoms with E-state index in [1.165, 1.54) is 19.4 Å². The van der Waals surface area contributed by atoms with E-state index < -0.39 is 5.54 Å². The number of anilines is 1. The van der Waals surface area contributed by atoms with E-state index in [2.05, 4.69) is 10.6 Å². The normalized spacial score (nSPS) is 25.3. The molecule has 1 saturated carbocycles. The summed E-state index contributed by atoms with van der Waals surface area (Å²) in [5.41, 5.74) is -0.169. The zero-order valence-electron chi connectivity index (χ0n) is 18.0. The van der Waals surface area contributed by atoms with Crippen molar-refractivity contribution in [2.75, 3.05) is 38.1 Å². The molecule has 0 aromatic heterocycles. The van der Waals surface area contributed by atoms with Gasteiger partial charge < -0.3 is 25.2 Å². The summed E-state index contributed by atoms with van der Waals surface area (Å²) in [4.78, 5) is 30.3. The second-order valence-corrected chi connectivity index (χ2v) is 8.90. The van der Waals surface area contributed by atoms with Crippen LogP contribution in [0.15, 0.2) is 24.3 Å². The Kier molecular flexibility index (Phi) is 6.46. The van der Waals surface area contributed by atoms with Gasteiger partial charge in [-0.05, 0) is 31.9 Å². The molecule has 2 atom stereocenters. The van der Waals surface area contributed by atoms with E-state index in [4.69, 9.17) is 4.74 Å². The van der Waals surface area contributed by atoms with Crippen molar-refractivity contribution in [3.8, 4) is 5.75 Å². The first-order valence-corrected chi connectivity index (χ1v) is 11.6. The zero-order valence-corrected chi connectivity index (χ0v) is 18.0. The molecule has 164 valence electrons. The number of ether oxygens (including phenoxy) is 1. The van der Waals surface area contributed by atoms with Crippen molar-refractivity contribution in [1.82, 2.24) is 10.2 Å². The van der Waals surface area contributed by atoms with Crippen molar-refractivity contribution >= 4 is 17.6 Å². The molecule has 0 bridgehead atoms. The van der Waals surface area contributed by atoms with Crippen LogP contribution in [0.4, 0.5) is 10.5 Å². The summed E-state index contributed by atoms with van der Waals surface area (Å²) < 4.78 is 5.62. The lowest BCUT2D eigenvalue weighted by molar-refractivity contribution is -0.916. The van der Waals surface area contributed by atoms with Crippen LogP contribution in [0.1, 0.15) is 51.9 Å². The van der Waals surface area contributed by atoms with Gasteiger partial charge in [0.1, 0.15) is 17.3 Å². The minimum absolute atomic E-state index is 0.112. The van der Waals surface area contributed by atoms with Crippen LogP contribution in [-0.4, -0.2) is 61.2 Å². The molecule has 3 amide bonds. The number of fused-ring (bicyclic) bond motifs is 1. The van der Waals surface area contributed by atoms with Crippen molar-refractivity contribution in [2.24, 2.45) is 0 Å². The van der Waals surface area contributed by atoms with E-state index >= 15 is 0 Å². The maximum Gasteiger partial charge on any atom is 0.320 e. The second kappa shape index (κ2) is 9.25. The molecule has 1 aromatic carbocycles. The lowest BCUT2D eigenvalue weighted by Crippen LogP contribution is -3.16. The van der Waals surface area contributed by atoms with E-state index in [9.17, 15) is 9.59 Å². The van der Waals surface area contributed by atoms with Gasteiger partial charge in [0.25, 0.3) is 0 Å². The molecule has 2 saturated heterocycles. The first-order valence-electron chi connectivity index (χ1n) is 11.6. The Hall–Kier alpha value is -2.28. The molecule has 1 aromatic rings. The molecule has 30 heavy (non-hydrogen) atoms. The first-order chi connectivity index (χ1) is 14.6. The molecule has 3 N–H and O–H groups in total. The Morgan fingerprint density at radius 1 is 1.17 bits per heavy atom. The highest BCUT2D eigenvalue weighted by Gasteiger charge is 2.46. The number of benzene rings is 1. The number of urea groups is 1. The van der Waals surface area contributed by atoms with Gasteiger partial charge in [-0.2, -0.15) is 0 Å². The van der Waals surface area contributed by atoms with Gasteiger partial charge in [-0.3, -0.25) is 4.79 Å². The van der Waals surface area contributed by atoms with E-state index in [0.29, 0.717) is 36.9 Å². The lowest BCUT2D eigenvalue weighted by Gasteiger charge is -2.43. The number of para-hydroxylation sites is 2. The smallest absolute Gasteiger partial charge is 0.320 e. The summed E-state index contributed by atoms with van der Waals surface area (Å²) in [6.07, 6.45) is 6.94. The third kappa shape index (κ3) is 4.41. The van der Waals surface area contributed by atoms with Crippen molar-refractivity contribution in [1.29, 1.82) is 0 Å². The molecular weight excluding hydrogens is 380 g/mol. The fourth-order valence-corrected chi connectivity index (χ4v) is 5.43. The molecule has 1 aliphatic carbocycles. The van der Waals surface area contributed by atoms with Gasteiger partial charge in [-0.25, -0.2) is 4.79 Å². The van der Waals surface area contributed by atoms with Gasteiger partial charge in [-0.15, -0.1) is 0 Å². The summed E-state index contributed by atoms with van der Waals surface area (Å²) in [6, 6.07) is 7.64. The van der Waals surface area contributed by atoms with Crippen LogP contribution in [0.2, 0.25) is 0 Å². The topological polar surface area (TPSA) is 75.1 Å². The molecule has 0 radical (unpaired) electrons. The maximum absolute atomic E-state index is 13.7. The number of hydrogen-bond donors (Lipinski definition) is 3. The van der Waals surface area contributed by atoms with E-state index in [1.807, 2.05) is 36.1 Å². The minimum atomic E-state index is -0.793. The number of nitrogens with zero attached hydrogens (tertiary/aromatic N) is 1. The van der Waals surface area contributed by atoms with Gasteiger partial charge in [0, 0.05) is 12.8 Å². The quantitative estimate of drug-likeness (QED) is 0.687. The second-order valence-electron chi connectivity index (χ2n) is 8.90. The summed E-state index contributed by atoms with van der Waals surface area (Å²) in [6.45, 7) is 6.32. The van der Waals surface area contributed by atoms with Crippen LogP contribution in [0.25, 0.3) is 0 Å². The molecule has 0 spiro atoms. The number of nitrogens with one attached hydrogen (secondary N) is 3. The Morgan fingerprint density at radius 2 is 1.97 bits per heavy atom. The van der Waals surface area contributed by atoms with Crippen LogP contribution >= 0.6 is 0 Å². The van der Waals surface area contributed by atoms with Crippen molar-refractivity contribution < 1.29 is 19.2 Å². The molecule has 7 nitrogen and oxygen atoms in total. The molecule has 3 fully saturated rings. The number of carbonyl (C=O) groups is 2. The fraction of sp³-hybridized carbons (Fsp3) is 0.652. The summed E-state index contributed by atoms with van der Waals surface area (Å²) in [5, 5.41) is 6.02. The number of hydrogen-bond acceptors (Lipinski definition) is 3. The number of rotatable bonds is 5. The Morgan fingerprint density at radius 3 is 2.77 bits per heavy atom. The fourth-order valence-electron chi connectivity index (χ4n) is 5.43. The summed E-state index contributed by atoms with van der Waals surface area (Å²) in [7, 11) is 0. The van der Waals surface area contributed by atoms with Crippen molar-refractivity contribution in [3.63, 3.8) is 0 Å². The Labute approximate surface area is 179 Å².